The number of nitrogens with zero attached hydrogens (tertiary/aromatic N) is 4. The molecule has 3 heterocycles. The molecule has 0 unspecified atom stereocenters. The van der Waals surface area contributed by atoms with Crippen molar-refractivity contribution in [2.24, 2.45) is 7.05 Å². The molecule has 1 aromatic carbocycles. The van der Waals surface area contributed by atoms with Gasteiger partial charge in [0, 0.05) is 42.2 Å². The van der Waals surface area contributed by atoms with Gasteiger partial charge in [-0.15, -0.1) is 0 Å². The molecule has 26 heavy (non-hydrogen) atoms. The summed E-state index contributed by atoms with van der Waals surface area (Å²) in [7, 11) is 1.75. The fraction of sp³-hybridized carbons (Fsp3) is 0.150. The van der Waals surface area contributed by atoms with Crippen molar-refractivity contribution in [1.29, 1.82) is 0 Å². The highest BCUT2D eigenvalue weighted by molar-refractivity contribution is 5.80. The van der Waals surface area contributed by atoms with Crippen LogP contribution in [0.15, 0.2) is 65.8 Å². The molecular weight excluding hydrogens is 326 g/mol. The Hall–Kier alpha value is -3.41. The zero-order chi connectivity index (χ0) is 18.1. The first-order chi connectivity index (χ1) is 12.6. The molecule has 130 valence electrons. The molecule has 1 N–H and O–H groups in total. The van der Waals surface area contributed by atoms with Crippen molar-refractivity contribution in [3.63, 3.8) is 0 Å². The average Bonchev–Trinajstić information content (AvgIpc) is 3.27. The lowest BCUT2D eigenvalue weighted by molar-refractivity contribution is 0.687. The Kier molecular flexibility index (Phi) is 4.01. The number of nitrogens with one attached hydrogen (secondary N) is 1. The van der Waals surface area contributed by atoms with Crippen LogP contribution in [0, 0.1) is 6.92 Å². The lowest BCUT2D eigenvalue weighted by Crippen LogP contribution is -2.15. The normalized spacial score (nSPS) is 11.0. The molecule has 0 aliphatic heterocycles. The number of H-pyrrole nitrogens is 1. The van der Waals surface area contributed by atoms with Crippen LogP contribution in [0.3, 0.4) is 0 Å². The van der Waals surface area contributed by atoms with Crippen LogP contribution in [0.25, 0.3) is 22.4 Å². The minimum Gasteiger partial charge on any atom is -0.318 e. The van der Waals surface area contributed by atoms with Crippen molar-refractivity contribution in [3.8, 4) is 22.4 Å². The van der Waals surface area contributed by atoms with Gasteiger partial charge in [-0.1, -0.05) is 30.3 Å². The van der Waals surface area contributed by atoms with Gasteiger partial charge in [0.2, 0.25) is 0 Å². The van der Waals surface area contributed by atoms with Gasteiger partial charge in [-0.3, -0.25) is 14.6 Å². The van der Waals surface area contributed by atoms with Crippen molar-refractivity contribution in [1.82, 2.24) is 24.5 Å². The van der Waals surface area contributed by atoms with Gasteiger partial charge in [0.15, 0.2) is 0 Å². The molecule has 0 aliphatic rings. The summed E-state index contributed by atoms with van der Waals surface area (Å²) in [6.45, 7) is 2.61. The summed E-state index contributed by atoms with van der Waals surface area (Å²) in [5.74, 6) is 0. The van der Waals surface area contributed by atoms with Crippen LogP contribution in [0.5, 0.6) is 0 Å². The summed E-state index contributed by atoms with van der Waals surface area (Å²) in [4.78, 5) is 12.2. The Morgan fingerprint density at radius 1 is 1.08 bits per heavy atom. The zero-order valence-corrected chi connectivity index (χ0v) is 14.7. The third-order valence-corrected chi connectivity index (χ3v) is 4.36. The van der Waals surface area contributed by atoms with Crippen LogP contribution in [0.4, 0.5) is 0 Å². The molecule has 0 fully saturated rings. The molecule has 0 saturated carbocycles. The van der Waals surface area contributed by atoms with E-state index in [0.29, 0.717) is 6.54 Å². The van der Waals surface area contributed by atoms with Crippen molar-refractivity contribution in [2.45, 2.75) is 13.5 Å². The predicted octanol–water partition coefficient (Wildman–Crippen LogP) is 3.00. The molecule has 0 aliphatic carbocycles. The van der Waals surface area contributed by atoms with Crippen LogP contribution < -0.4 is 5.56 Å². The number of hydrogen-bond donors (Lipinski definition) is 1. The van der Waals surface area contributed by atoms with Crippen LogP contribution in [0.1, 0.15) is 11.3 Å². The van der Waals surface area contributed by atoms with Gasteiger partial charge in [0.1, 0.15) is 0 Å². The molecule has 6 nitrogen and oxygen atoms in total. The summed E-state index contributed by atoms with van der Waals surface area (Å²) in [5, 5.41) is 11.7. The lowest BCUT2D eigenvalue weighted by Gasteiger charge is -2.08. The molecule has 4 rings (SSSR count). The molecule has 0 bridgehead atoms. The maximum absolute atomic E-state index is 12.2. The maximum Gasteiger partial charge on any atom is 0.250 e. The van der Waals surface area contributed by atoms with Gasteiger partial charge in [-0.25, -0.2) is 0 Å². The van der Waals surface area contributed by atoms with Crippen LogP contribution in [-0.2, 0) is 13.6 Å². The van der Waals surface area contributed by atoms with Gasteiger partial charge >= 0.3 is 0 Å². The van der Waals surface area contributed by atoms with E-state index in [4.69, 9.17) is 0 Å². The van der Waals surface area contributed by atoms with Crippen LogP contribution in [-0.4, -0.2) is 24.5 Å². The Bertz CT molecular complexity index is 1100. The third kappa shape index (κ3) is 3.09. The van der Waals surface area contributed by atoms with E-state index < -0.39 is 0 Å². The topological polar surface area (TPSA) is 68.5 Å². The Labute approximate surface area is 150 Å². The lowest BCUT2D eigenvalue weighted by atomic mass is 10.0. The first-order valence-corrected chi connectivity index (χ1v) is 8.40. The van der Waals surface area contributed by atoms with Crippen molar-refractivity contribution < 1.29 is 0 Å². The van der Waals surface area contributed by atoms with Gasteiger partial charge in [0.25, 0.3) is 5.56 Å². The quantitative estimate of drug-likeness (QED) is 0.618. The first-order valence-electron chi connectivity index (χ1n) is 8.40. The summed E-state index contributed by atoms with van der Waals surface area (Å²) in [6.07, 6.45) is 5.67. The fourth-order valence-corrected chi connectivity index (χ4v) is 3.00. The molecule has 4 aromatic rings. The second-order valence-electron chi connectivity index (χ2n) is 6.39. The van der Waals surface area contributed by atoms with Crippen LogP contribution in [0.2, 0.25) is 0 Å². The molecule has 6 heteroatoms. The summed E-state index contributed by atoms with van der Waals surface area (Å²) in [6, 6.07) is 13.8. The SMILES string of the molecule is Cc1cc(-c2cc(=O)n(C)cc2-c2cnn(Cc3ccccc3)c2)[nH]n1. The van der Waals surface area contributed by atoms with Gasteiger partial charge in [-0.2, -0.15) is 10.2 Å². The standard InChI is InChI=1S/C20H19N5O/c1-14-8-19(23-22-14)17-9-20(26)24(2)13-18(17)16-10-21-25(12-16)11-15-6-4-3-5-7-15/h3-10,12-13H,11H2,1-2H3,(H,22,23). The van der Waals surface area contributed by atoms with Crippen molar-refractivity contribution >= 4 is 0 Å². The predicted molar refractivity (Wildman–Crippen MR) is 101 cm³/mol. The number of hydrogen-bond acceptors (Lipinski definition) is 3. The monoisotopic (exact) mass is 345 g/mol. The Balaban J connectivity index is 1.76. The number of benzene rings is 1. The zero-order valence-electron chi connectivity index (χ0n) is 14.7. The van der Waals surface area contributed by atoms with Gasteiger partial charge in [0.05, 0.1) is 24.1 Å². The van der Waals surface area contributed by atoms with E-state index >= 15 is 0 Å². The highest BCUT2D eigenvalue weighted by atomic mass is 16.1. The summed E-state index contributed by atoms with van der Waals surface area (Å²) < 4.78 is 3.48. The smallest absolute Gasteiger partial charge is 0.250 e. The molecule has 0 atom stereocenters. The summed E-state index contributed by atoms with van der Waals surface area (Å²) in [5.41, 5.74) is 5.55. The third-order valence-electron chi connectivity index (χ3n) is 4.36. The number of aromatic amines is 1. The molecule has 0 spiro atoms. The van der Waals surface area contributed by atoms with E-state index in [-0.39, 0.29) is 5.56 Å². The van der Waals surface area contributed by atoms with E-state index in [0.717, 1.165) is 28.1 Å². The van der Waals surface area contributed by atoms with Gasteiger partial charge in [-0.05, 0) is 18.6 Å². The largest absolute Gasteiger partial charge is 0.318 e. The second-order valence-corrected chi connectivity index (χ2v) is 6.39. The number of pyridine rings is 1. The van der Waals surface area contributed by atoms with Crippen LogP contribution >= 0.6 is 0 Å². The average molecular weight is 345 g/mol. The number of rotatable bonds is 4. The number of aryl methyl sites for hydroxylation is 2. The highest BCUT2D eigenvalue weighted by Crippen LogP contribution is 2.29. The van der Waals surface area contributed by atoms with E-state index in [9.17, 15) is 4.79 Å². The fourth-order valence-electron chi connectivity index (χ4n) is 3.00. The Morgan fingerprint density at radius 3 is 2.62 bits per heavy atom. The van der Waals surface area contributed by atoms with E-state index in [2.05, 4.69) is 27.4 Å². The minimum atomic E-state index is -0.0623. The summed E-state index contributed by atoms with van der Waals surface area (Å²) >= 11 is 0. The van der Waals surface area contributed by atoms with E-state index in [1.807, 2.05) is 54.5 Å². The Morgan fingerprint density at radius 2 is 1.88 bits per heavy atom. The minimum absolute atomic E-state index is 0.0623. The highest BCUT2D eigenvalue weighted by Gasteiger charge is 2.13. The molecular formula is C20H19N5O. The van der Waals surface area contributed by atoms with E-state index in [1.54, 1.807) is 17.7 Å². The maximum atomic E-state index is 12.2. The van der Waals surface area contributed by atoms with Crippen molar-refractivity contribution in [2.75, 3.05) is 0 Å². The molecule has 3 aromatic heterocycles. The molecule has 0 radical (unpaired) electrons. The first kappa shape index (κ1) is 16.1. The van der Waals surface area contributed by atoms with E-state index in [1.165, 1.54) is 5.56 Å². The van der Waals surface area contributed by atoms with Gasteiger partial charge < -0.3 is 4.57 Å². The number of aromatic nitrogens is 5. The molecule has 0 amide bonds. The second kappa shape index (κ2) is 6.48. The molecule has 0 saturated heterocycles. The van der Waals surface area contributed by atoms with Crippen molar-refractivity contribution in [3.05, 3.63) is 82.7 Å².